The first kappa shape index (κ1) is 20.1. The van der Waals surface area contributed by atoms with Gasteiger partial charge in [0.1, 0.15) is 18.3 Å². The molecule has 0 radical (unpaired) electrons. The van der Waals surface area contributed by atoms with Gasteiger partial charge in [-0.05, 0) is 17.7 Å². The van der Waals surface area contributed by atoms with E-state index in [1.54, 1.807) is 12.1 Å². The van der Waals surface area contributed by atoms with Gasteiger partial charge in [-0.1, -0.05) is 35.5 Å². The number of hydrogen-bond acceptors (Lipinski definition) is 9. The number of hydrogen-bond donors (Lipinski definition) is 5. The summed E-state index contributed by atoms with van der Waals surface area (Å²) in [4.78, 5) is 23.2. The lowest BCUT2D eigenvalue weighted by atomic mass is 10.1. The van der Waals surface area contributed by atoms with Crippen LogP contribution in [0.2, 0.25) is 5.02 Å². The quantitative estimate of drug-likeness (QED) is 0.351. The molecule has 29 heavy (non-hydrogen) atoms. The van der Waals surface area contributed by atoms with Gasteiger partial charge in [-0.25, -0.2) is 4.98 Å². The van der Waals surface area contributed by atoms with Crippen LogP contribution in [0.5, 0.6) is 0 Å². The molecule has 1 saturated heterocycles. The number of imidazole rings is 1. The van der Waals surface area contributed by atoms with Crippen molar-refractivity contribution in [3.05, 3.63) is 45.2 Å². The predicted molar refractivity (Wildman–Crippen MR) is 107 cm³/mol. The summed E-state index contributed by atoms with van der Waals surface area (Å²) in [5, 5.41) is 30.9. The molecule has 0 amide bonds. The minimum absolute atomic E-state index is 0.0237. The van der Waals surface area contributed by atoms with Crippen LogP contribution in [-0.2, 0) is 10.5 Å². The lowest BCUT2D eigenvalue weighted by Crippen LogP contribution is -2.33. The van der Waals surface area contributed by atoms with Gasteiger partial charge in [-0.3, -0.25) is 14.3 Å². The van der Waals surface area contributed by atoms with E-state index in [-0.39, 0.29) is 17.1 Å². The fourth-order valence-electron chi connectivity index (χ4n) is 3.13. The standard InChI is InChI=1S/C17H18ClN5O5S/c18-8-3-1-7(2-4-8)6-29-17-20-10-13(21-16(19)22-14(10)27)23(17)15-12(26)11(25)9(5-24)28-15/h1-4,9,11-12,15,24-26H,5-6H2,(H3,19,21,22,27). The number of aromatic amines is 1. The van der Waals surface area contributed by atoms with E-state index in [9.17, 15) is 20.1 Å². The van der Waals surface area contributed by atoms with E-state index in [4.69, 9.17) is 22.1 Å². The molecule has 1 aliphatic rings. The molecule has 3 aromatic rings. The van der Waals surface area contributed by atoms with Crippen LogP contribution in [0.4, 0.5) is 5.95 Å². The van der Waals surface area contributed by atoms with E-state index >= 15 is 0 Å². The van der Waals surface area contributed by atoms with Gasteiger partial charge < -0.3 is 25.8 Å². The maximum atomic E-state index is 12.3. The third-order valence-corrected chi connectivity index (χ3v) is 5.87. The van der Waals surface area contributed by atoms with Crippen LogP contribution >= 0.6 is 23.4 Å². The Labute approximate surface area is 173 Å². The number of ether oxygens (including phenoxy) is 1. The number of nitrogens with one attached hydrogen (secondary N) is 1. The third-order valence-electron chi connectivity index (χ3n) is 4.59. The predicted octanol–water partition coefficient (Wildman–Crippen LogP) is 0.259. The van der Waals surface area contributed by atoms with E-state index < -0.39 is 36.7 Å². The van der Waals surface area contributed by atoms with Crippen molar-refractivity contribution in [3.63, 3.8) is 0 Å². The molecule has 0 saturated carbocycles. The molecule has 0 spiro atoms. The number of aliphatic hydroxyl groups excluding tert-OH is 3. The van der Waals surface area contributed by atoms with E-state index in [1.165, 1.54) is 16.3 Å². The van der Waals surface area contributed by atoms with E-state index in [1.807, 2.05) is 12.1 Å². The molecule has 12 heteroatoms. The summed E-state index contributed by atoms with van der Waals surface area (Å²) in [6.07, 6.45) is -4.76. The van der Waals surface area contributed by atoms with Gasteiger partial charge in [0, 0.05) is 10.8 Å². The Morgan fingerprint density at radius 1 is 1.24 bits per heavy atom. The SMILES string of the molecule is Nc1nc2c(nc(SCc3ccc(Cl)cc3)n2C2OC(CO)C(O)C2O)c(=O)[nH]1. The molecule has 6 N–H and O–H groups in total. The van der Waals surface area contributed by atoms with Crippen LogP contribution < -0.4 is 11.3 Å². The first-order valence-electron chi connectivity index (χ1n) is 8.66. The first-order valence-corrected chi connectivity index (χ1v) is 10.0. The van der Waals surface area contributed by atoms with Gasteiger partial charge in [0.05, 0.1) is 6.61 Å². The summed E-state index contributed by atoms with van der Waals surface area (Å²) in [5.74, 6) is 0.368. The van der Waals surface area contributed by atoms with Crippen LogP contribution in [-0.4, -0.2) is 59.8 Å². The van der Waals surface area contributed by atoms with Gasteiger partial charge in [0.15, 0.2) is 22.5 Å². The third kappa shape index (κ3) is 3.72. The molecule has 2 aromatic heterocycles. The number of nitrogens with two attached hydrogens (primary N) is 1. The highest BCUT2D eigenvalue weighted by Crippen LogP contribution is 2.36. The molecule has 4 rings (SSSR count). The molecule has 1 aromatic carbocycles. The largest absolute Gasteiger partial charge is 0.394 e. The first-order chi connectivity index (χ1) is 13.9. The molecule has 10 nitrogen and oxygen atoms in total. The van der Waals surface area contributed by atoms with Crippen LogP contribution in [0, 0.1) is 0 Å². The Hall–Kier alpha value is -2.15. The van der Waals surface area contributed by atoms with Crippen molar-refractivity contribution in [2.45, 2.75) is 35.4 Å². The zero-order chi connectivity index (χ0) is 20.7. The minimum atomic E-state index is -1.36. The van der Waals surface area contributed by atoms with Crippen molar-refractivity contribution in [1.82, 2.24) is 19.5 Å². The van der Waals surface area contributed by atoms with E-state index in [2.05, 4.69) is 15.0 Å². The van der Waals surface area contributed by atoms with Crippen LogP contribution in [0.15, 0.2) is 34.2 Å². The molecule has 0 bridgehead atoms. The van der Waals surface area contributed by atoms with Gasteiger partial charge in [-0.2, -0.15) is 4.98 Å². The zero-order valence-corrected chi connectivity index (χ0v) is 16.5. The fourth-order valence-corrected chi connectivity index (χ4v) is 4.23. The summed E-state index contributed by atoms with van der Waals surface area (Å²) < 4.78 is 7.05. The second kappa shape index (κ2) is 7.94. The Morgan fingerprint density at radius 3 is 2.62 bits per heavy atom. The summed E-state index contributed by atoms with van der Waals surface area (Å²) in [6.45, 7) is -0.481. The lowest BCUT2D eigenvalue weighted by Gasteiger charge is -2.19. The summed E-state index contributed by atoms with van der Waals surface area (Å²) >= 11 is 7.20. The second-order valence-electron chi connectivity index (χ2n) is 6.53. The maximum Gasteiger partial charge on any atom is 0.280 e. The van der Waals surface area contributed by atoms with Crippen LogP contribution in [0.3, 0.4) is 0 Å². The number of rotatable bonds is 5. The highest BCUT2D eigenvalue weighted by Gasteiger charge is 2.45. The van der Waals surface area contributed by atoms with Gasteiger partial charge in [0.25, 0.3) is 5.56 Å². The summed E-state index contributed by atoms with van der Waals surface area (Å²) in [5.41, 5.74) is 6.23. The van der Waals surface area contributed by atoms with Crippen molar-refractivity contribution in [2.24, 2.45) is 0 Å². The number of H-pyrrole nitrogens is 1. The number of fused-ring (bicyclic) bond motifs is 1. The molecular weight excluding hydrogens is 422 g/mol. The van der Waals surface area contributed by atoms with Crippen molar-refractivity contribution in [3.8, 4) is 0 Å². The van der Waals surface area contributed by atoms with E-state index in [0.717, 1.165) is 5.56 Å². The normalized spacial score (nSPS) is 24.4. The average molecular weight is 440 g/mol. The number of benzene rings is 1. The van der Waals surface area contributed by atoms with Crippen molar-refractivity contribution in [2.75, 3.05) is 12.3 Å². The molecule has 4 atom stereocenters. The fraction of sp³-hybridized carbons (Fsp3) is 0.353. The zero-order valence-electron chi connectivity index (χ0n) is 14.9. The van der Waals surface area contributed by atoms with Crippen LogP contribution in [0.1, 0.15) is 11.8 Å². The number of thioether (sulfide) groups is 1. The number of halogens is 1. The molecule has 0 aliphatic carbocycles. The van der Waals surface area contributed by atoms with Gasteiger partial charge >= 0.3 is 0 Å². The number of nitrogens with zero attached hydrogens (tertiary/aromatic N) is 3. The Morgan fingerprint density at radius 2 is 1.97 bits per heavy atom. The highest BCUT2D eigenvalue weighted by molar-refractivity contribution is 7.98. The van der Waals surface area contributed by atoms with Crippen molar-refractivity contribution in [1.29, 1.82) is 0 Å². The smallest absolute Gasteiger partial charge is 0.280 e. The number of nitrogen functional groups attached to an aromatic ring is 1. The average Bonchev–Trinajstić information content (AvgIpc) is 3.19. The molecule has 4 unspecified atom stereocenters. The maximum absolute atomic E-state index is 12.3. The Kier molecular flexibility index (Phi) is 5.51. The number of aliphatic hydroxyl groups is 3. The topological polar surface area (TPSA) is 160 Å². The van der Waals surface area contributed by atoms with E-state index in [0.29, 0.717) is 15.9 Å². The monoisotopic (exact) mass is 439 g/mol. The lowest BCUT2D eigenvalue weighted by molar-refractivity contribution is -0.0548. The summed E-state index contributed by atoms with van der Waals surface area (Å²) in [7, 11) is 0. The minimum Gasteiger partial charge on any atom is -0.394 e. The van der Waals surface area contributed by atoms with Crippen LogP contribution in [0.25, 0.3) is 11.2 Å². The number of anilines is 1. The Bertz CT molecular complexity index is 1090. The molecule has 154 valence electrons. The highest BCUT2D eigenvalue weighted by atomic mass is 35.5. The van der Waals surface area contributed by atoms with Crippen molar-refractivity contribution < 1.29 is 20.1 Å². The Balaban J connectivity index is 1.77. The molecule has 3 heterocycles. The van der Waals surface area contributed by atoms with Gasteiger partial charge in [0.2, 0.25) is 5.95 Å². The number of aromatic nitrogens is 4. The summed E-state index contributed by atoms with van der Waals surface area (Å²) in [6, 6.07) is 7.24. The molecular formula is C17H18ClN5O5S. The van der Waals surface area contributed by atoms with Crippen molar-refractivity contribution >= 4 is 40.5 Å². The second-order valence-corrected chi connectivity index (χ2v) is 7.91. The molecule has 1 aliphatic heterocycles. The van der Waals surface area contributed by atoms with Gasteiger partial charge in [-0.15, -0.1) is 0 Å². The molecule has 1 fully saturated rings.